The molecule has 6 N–H and O–H groups in total. The Morgan fingerprint density at radius 2 is 1.93 bits per heavy atom. The number of aromatic nitrogens is 4. The number of phosphoric acid groups is 1. The summed E-state index contributed by atoms with van der Waals surface area (Å²) in [5, 5.41) is 10.7. The van der Waals surface area contributed by atoms with Crippen LogP contribution in [0.15, 0.2) is 12.7 Å². The molecule has 30 heavy (non-hydrogen) atoms. The Labute approximate surface area is 170 Å². The van der Waals surface area contributed by atoms with E-state index in [4.69, 9.17) is 29.3 Å². The summed E-state index contributed by atoms with van der Waals surface area (Å²) in [6.45, 7) is 3.77. The van der Waals surface area contributed by atoms with Crippen molar-refractivity contribution in [1.29, 1.82) is 0 Å². The first-order chi connectivity index (χ1) is 13.7. The maximum atomic E-state index is 11.9. The van der Waals surface area contributed by atoms with E-state index >= 15 is 0 Å². The molecule has 2 aromatic heterocycles. The Morgan fingerprint density at radius 1 is 1.27 bits per heavy atom. The Balaban J connectivity index is 1.95. The molecule has 14 nitrogen and oxygen atoms in total. The summed E-state index contributed by atoms with van der Waals surface area (Å²) in [6, 6.07) is 0. The predicted molar refractivity (Wildman–Crippen MR) is 102 cm³/mol. The van der Waals surface area contributed by atoms with Gasteiger partial charge in [0.1, 0.15) is 24.1 Å². The van der Waals surface area contributed by atoms with Gasteiger partial charge in [0.2, 0.25) is 0 Å². The molecule has 0 spiro atoms. The smallest absolute Gasteiger partial charge is 0.387 e. The van der Waals surface area contributed by atoms with E-state index in [1.54, 1.807) is 0 Å². The summed E-state index contributed by atoms with van der Waals surface area (Å²) in [7, 11) is -8.87. The Morgan fingerprint density at radius 3 is 2.53 bits per heavy atom. The van der Waals surface area contributed by atoms with Gasteiger partial charge < -0.3 is 30.3 Å². The molecule has 0 amide bonds. The third kappa shape index (κ3) is 5.22. The molecule has 3 rings (SSSR count). The molecular formula is C14H23N5O9P2. The summed E-state index contributed by atoms with van der Waals surface area (Å²) < 4.78 is 40.3. The number of imidazole rings is 1. The molecule has 168 valence electrons. The van der Waals surface area contributed by atoms with E-state index in [0.29, 0.717) is 0 Å². The van der Waals surface area contributed by atoms with Crippen molar-refractivity contribution in [2.24, 2.45) is 0 Å². The van der Waals surface area contributed by atoms with Gasteiger partial charge in [0.05, 0.1) is 18.0 Å². The van der Waals surface area contributed by atoms with E-state index in [9.17, 15) is 19.1 Å². The van der Waals surface area contributed by atoms with Crippen LogP contribution in [0.4, 0.5) is 5.82 Å². The molecule has 1 aliphatic heterocycles. The van der Waals surface area contributed by atoms with Crippen LogP contribution < -0.4 is 5.73 Å². The first-order valence-corrected chi connectivity index (χ1v) is 12.2. The van der Waals surface area contributed by atoms with Gasteiger partial charge in [0.15, 0.2) is 17.7 Å². The zero-order chi connectivity index (χ0) is 22.5. The Hall–Kier alpha value is -1.47. The highest BCUT2D eigenvalue weighted by atomic mass is 31.2. The third-order valence-electron chi connectivity index (χ3n) is 4.35. The zero-order valence-corrected chi connectivity index (χ0v) is 18.1. The first-order valence-electron chi connectivity index (χ1n) is 8.68. The van der Waals surface area contributed by atoms with E-state index in [1.165, 1.54) is 31.1 Å². The third-order valence-corrected chi connectivity index (χ3v) is 5.72. The van der Waals surface area contributed by atoms with Crippen LogP contribution in [0.2, 0.25) is 0 Å². The highest BCUT2D eigenvalue weighted by molar-refractivity contribution is 7.51. The molecule has 2 unspecified atom stereocenters. The molecule has 1 aliphatic rings. The summed E-state index contributed by atoms with van der Waals surface area (Å²) in [5.74, 6) is 0.103. The fourth-order valence-electron chi connectivity index (χ4n) is 3.35. The molecule has 2 aromatic rings. The monoisotopic (exact) mass is 467 g/mol. The first kappa shape index (κ1) is 23.2. The zero-order valence-electron chi connectivity index (χ0n) is 16.3. The highest BCUT2D eigenvalue weighted by Gasteiger charge is 2.50. The van der Waals surface area contributed by atoms with Crippen LogP contribution in [0.5, 0.6) is 0 Å². The SMILES string of the molecule is CC(C)(C[C@@H]1O[C@H](n2cnc3c(N)ncnc32)[C@H](OP(C)(=O)O)C1O)OP(=O)(O)O. The van der Waals surface area contributed by atoms with Crippen molar-refractivity contribution in [3.63, 3.8) is 0 Å². The summed E-state index contributed by atoms with van der Waals surface area (Å²) in [6.07, 6.45) is -2.63. The Kier molecular flexibility index (Phi) is 6.11. The molecule has 3 heterocycles. The van der Waals surface area contributed by atoms with Crippen molar-refractivity contribution in [2.75, 3.05) is 12.4 Å². The lowest BCUT2D eigenvalue weighted by Crippen LogP contribution is -2.38. The van der Waals surface area contributed by atoms with Crippen molar-refractivity contribution >= 4 is 32.4 Å². The fourth-order valence-corrected chi connectivity index (χ4v) is 4.75. The lowest BCUT2D eigenvalue weighted by molar-refractivity contribution is -0.0620. The number of ether oxygens (including phenoxy) is 1. The minimum Gasteiger partial charge on any atom is -0.387 e. The van der Waals surface area contributed by atoms with Gasteiger partial charge in [-0.15, -0.1) is 0 Å². The van der Waals surface area contributed by atoms with Gasteiger partial charge in [-0.2, -0.15) is 0 Å². The van der Waals surface area contributed by atoms with Crippen LogP contribution in [0.1, 0.15) is 26.5 Å². The molecule has 5 atom stereocenters. The van der Waals surface area contributed by atoms with Gasteiger partial charge in [-0.3, -0.25) is 18.2 Å². The number of fused-ring (bicyclic) bond motifs is 1. The lowest BCUT2D eigenvalue weighted by atomic mass is 9.97. The van der Waals surface area contributed by atoms with E-state index in [-0.39, 0.29) is 23.4 Å². The van der Waals surface area contributed by atoms with Crippen molar-refractivity contribution in [2.45, 2.75) is 50.4 Å². The number of nitrogen functional groups attached to an aromatic ring is 1. The molecule has 1 saturated heterocycles. The molecule has 1 fully saturated rings. The van der Waals surface area contributed by atoms with Crippen LogP contribution >= 0.6 is 15.4 Å². The molecule has 0 saturated carbocycles. The van der Waals surface area contributed by atoms with Gasteiger partial charge in [-0.25, -0.2) is 19.5 Å². The van der Waals surface area contributed by atoms with Gasteiger partial charge in [-0.1, -0.05) is 0 Å². The van der Waals surface area contributed by atoms with E-state index < -0.39 is 45.6 Å². The number of hydrogen-bond acceptors (Lipinski definition) is 10. The average molecular weight is 467 g/mol. The topological polar surface area (TPSA) is 212 Å². The van der Waals surface area contributed by atoms with Crippen LogP contribution in [0.25, 0.3) is 11.2 Å². The molecule has 0 bridgehead atoms. The number of anilines is 1. The highest BCUT2D eigenvalue weighted by Crippen LogP contribution is 2.48. The lowest BCUT2D eigenvalue weighted by Gasteiger charge is -2.29. The second kappa shape index (κ2) is 7.90. The largest absolute Gasteiger partial charge is 0.470 e. The number of hydrogen-bond donors (Lipinski definition) is 5. The summed E-state index contributed by atoms with van der Waals surface area (Å²) >= 11 is 0. The standard InChI is InChI=1S/C14H23N5O9P2/c1-14(2,28-30(23,24)25)4-7-9(20)10(27-29(3,21)22)13(26-7)19-6-18-8-11(15)16-5-17-12(8)19/h5-7,9-10,13,20H,4H2,1-3H3,(H,21,22)(H2,15,16,17)(H2,23,24,25)/t7-,9?,10+,13-/m0/s1. The summed E-state index contributed by atoms with van der Waals surface area (Å²) in [4.78, 5) is 39.9. The quantitative estimate of drug-likeness (QED) is 0.343. The molecule has 0 aromatic carbocycles. The molecule has 16 heteroatoms. The van der Waals surface area contributed by atoms with Crippen LogP contribution in [0.3, 0.4) is 0 Å². The number of nitrogens with two attached hydrogens (primary N) is 1. The average Bonchev–Trinajstić information content (AvgIpc) is 3.08. The fraction of sp³-hybridized carbons (Fsp3) is 0.643. The summed E-state index contributed by atoms with van der Waals surface area (Å²) in [5.41, 5.74) is 4.87. The molecular weight excluding hydrogens is 444 g/mol. The molecule has 0 aliphatic carbocycles. The van der Waals surface area contributed by atoms with E-state index in [2.05, 4.69) is 15.0 Å². The normalized spacial score (nSPS) is 27.4. The number of phosphoric ester groups is 1. The van der Waals surface area contributed by atoms with Crippen LogP contribution in [-0.4, -0.2) is 69.9 Å². The predicted octanol–water partition coefficient (Wildman–Crippen LogP) is 0.145. The number of nitrogens with zero attached hydrogens (tertiary/aromatic N) is 4. The van der Waals surface area contributed by atoms with E-state index in [0.717, 1.165) is 6.66 Å². The van der Waals surface area contributed by atoms with Crippen molar-refractivity contribution in [3.05, 3.63) is 12.7 Å². The Bertz CT molecular complexity index is 1020. The second-order valence-electron chi connectivity index (χ2n) is 7.56. The maximum Gasteiger partial charge on any atom is 0.470 e. The van der Waals surface area contributed by atoms with Crippen LogP contribution in [-0.2, 0) is 22.9 Å². The minimum absolute atomic E-state index is 0.103. The van der Waals surface area contributed by atoms with Gasteiger partial charge >= 0.3 is 15.4 Å². The molecule has 0 radical (unpaired) electrons. The van der Waals surface area contributed by atoms with Crippen molar-refractivity contribution < 1.29 is 42.7 Å². The van der Waals surface area contributed by atoms with Gasteiger partial charge in [-0.05, 0) is 13.8 Å². The van der Waals surface area contributed by atoms with Crippen molar-refractivity contribution in [3.8, 4) is 0 Å². The van der Waals surface area contributed by atoms with E-state index in [1.807, 2.05) is 0 Å². The number of aliphatic hydroxyl groups excluding tert-OH is 1. The minimum atomic E-state index is -4.81. The second-order valence-corrected chi connectivity index (χ2v) is 10.5. The van der Waals surface area contributed by atoms with Crippen LogP contribution in [0, 0.1) is 0 Å². The van der Waals surface area contributed by atoms with Gasteiger partial charge in [0.25, 0.3) is 0 Å². The van der Waals surface area contributed by atoms with Gasteiger partial charge in [0, 0.05) is 13.1 Å². The number of rotatable bonds is 7. The maximum absolute atomic E-state index is 11.9. The number of aliphatic hydroxyl groups is 1. The van der Waals surface area contributed by atoms with Crippen molar-refractivity contribution in [1.82, 2.24) is 19.5 Å².